The molecule has 0 aromatic heterocycles. The van der Waals surface area contributed by atoms with Crippen molar-refractivity contribution in [3.63, 3.8) is 0 Å². The standard InChI is InChI=1S/C22H34NO5P/c1-2-11-27-12-3-4-17-5-6-19-14-20(8-7-18(19)13-17)21-9-10-22(23,15-21)16-28-29(24,25)26/h2,7-8,14,17,21H,1,3-6,9-13,15-16,23H2,(H2,24,25,26)/t17?,21-,22+/m0/s1. The Hall–Kier alpha value is -1.01. The van der Waals surface area contributed by atoms with Gasteiger partial charge in [-0.1, -0.05) is 24.3 Å². The van der Waals surface area contributed by atoms with Crippen molar-refractivity contribution in [1.29, 1.82) is 0 Å². The molecule has 0 aliphatic heterocycles. The van der Waals surface area contributed by atoms with Crippen LogP contribution in [0, 0.1) is 5.92 Å². The fraction of sp³-hybridized carbons (Fsp3) is 0.636. The fourth-order valence-electron chi connectivity index (χ4n) is 4.78. The topological polar surface area (TPSA) is 102 Å². The van der Waals surface area contributed by atoms with Crippen LogP contribution in [0.15, 0.2) is 30.9 Å². The number of fused-ring (bicyclic) bond motifs is 1. The number of rotatable bonds is 10. The highest BCUT2D eigenvalue weighted by Crippen LogP contribution is 2.44. The zero-order chi connectivity index (χ0) is 20.9. The second-order valence-electron chi connectivity index (χ2n) is 8.71. The van der Waals surface area contributed by atoms with Gasteiger partial charge in [-0.25, -0.2) is 4.57 Å². The molecule has 1 saturated carbocycles. The van der Waals surface area contributed by atoms with Crippen LogP contribution in [-0.4, -0.2) is 35.1 Å². The average Bonchev–Trinajstić information content (AvgIpc) is 3.08. The van der Waals surface area contributed by atoms with E-state index in [1.807, 2.05) is 0 Å². The number of ether oxygens (including phenoxy) is 1. The van der Waals surface area contributed by atoms with Crippen molar-refractivity contribution < 1.29 is 23.6 Å². The predicted molar refractivity (Wildman–Crippen MR) is 114 cm³/mol. The molecule has 0 heterocycles. The van der Waals surface area contributed by atoms with E-state index in [1.54, 1.807) is 6.08 Å². The molecule has 0 radical (unpaired) electrons. The van der Waals surface area contributed by atoms with E-state index in [0.717, 1.165) is 38.2 Å². The third kappa shape index (κ3) is 6.74. The van der Waals surface area contributed by atoms with E-state index < -0.39 is 13.4 Å². The summed E-state index contributed by atoms with van der Waals surface area (Å²) in [6.45, 7) is 5.01. The molecule has 2 aliphatic rings. The van der Waals surface area contributed by atoms with E-state index in [2.05, 4.69) is 29.3 Å². The van der Waals surface area contributed by atoms with Crippen LogP contribution >= 0.6 is 7.82 Å². The Morgan fingerprint density at radius 3 is 2.90 bits per heavy atom. The molecule has 1 aromatic carbocycles. The minimum atomic E-state index is -4.48. The Bertz CT molecular complexity index is 749. The molecular weight excluding hydrogens is 389 g/mol. The number of nitrogens with two attached hydrogens (primary N) is 1. The number of hydrogen-bond acceptors (Lipinski definition) is 4. The van der Waals surface area contributed by atoms with Crippen LogP contribution in [-0.2, 0) is 26.7 Å². The Balaban J connectivity index is 1.53. The molecule has 162 valence electrons. The predicted octanol–water partition coefficient (Wildman–Crippen LogP) is 3.85. The Kier molecular flexibility index (Phi) is 7.71. The highest BCUT2D eigenvalue weighted by atomic mass is 31.2. The van der Waals surface area contributed by atoms with Gasteiger partial charge in [-0.2, -0.15) is 0 Å². The molecule has 3 rings (SSSR count). The van der Waals surface area contributed by atoms with Gasteiger partial charge in [0, 0.05) is 12.1 Å². The van der Waals surface area contributed by atoms with Crippen LogP contribution in [0.25, 0.3) is 0 Å². The van der Waals surface area contributed by atoms with Crippen molar-refractivity contribution in [2.75, 3.05) is 19.8 Å². The third-order valence-corrected chi connectivity index (χ3v) is 6.80. The first-order valence-corrected chi connectivity index (χ1v) is 12.1. The van der Waals surface area contributed by atoms with Crippen molar-refractivity contribution in [2.45, 2.75) is 62.8 Å². The van der Waals surface area contributed by atoms with Crippen molar-refractivity contribution in [1.82, 2.24) is 0 Å². The number of phosphoric acid groups is 1. The summed E-state index contributed by atoms with van der Waals surface area (Å²) >= 11 is 0. The second-order valence-corrected chi connectivity index (χ2v) is 9.95. The van der Waals surface area contributed by atoms with E-state index in [9.17, 15) is 4.57 Å². The summed E-state index contributed by atoms with van der Waals surface area (Å²) in [4.78, 5) is 17.9. The van der Waals surface area contributed by atoms with Crippen LogP contribution in [0.4, 0.5) is 0 Å². The maximum absolute atomic E-state index is 11.0. The van der Waals surface area contributed by atoms with Gasteiger partial charge in [0.2, 0.25) is 0 Å². The maximum Gasteiger partial charge on any atom is 0.469 e. The van der Waals surface area contributed by atoms with E-state index in [4.69, 9.17) is 20.3 Å². The summed E-state index contributed by atoms with van der Waals surface area (Å²) in [6.07, 6.45) is 9.90. The molecule has 3 atom stereocenters. The van der Waals surface area contributed by atoms with Crippen LogP contribution in [0.2, 0.25) is 0 Å². The van der Waals surface area contributed by atoms with Gasteiger partial charge in [0.25, 0.3) is 0 Å². The number of benzene rings is 1. The van der Waals surface area contributed by atoms with E-state index >= 15 is 0 Å². The van der Waals surface area contributed by atoms with Crippen LogP contribution < -0.4 is 5.73 Å². The molecule has 0 amide bonds. The van der Waals surface area contributed by atoms with Gasteiger partial charge in [0.1, 0.15) is 0 Å². The first kappa shape index (κ1) is 22.7. The molecule has 0 bridgehead atoms. The monoisotopic (exact) mass is 423 g/mol. The average molecular weight is 423 g/mol. The lowest BCUT2D eigenvalue weighted by Crippen LogP contribution is -2.41. The van der Waals surface area contributed by atoms with Crippen LogP contribution in [0.1, 0.15) is 61.1 Å². The molecule has 0 spiro atoms. The third-order valence-electron chi connectivity index (χ3n) is 6.33. The number of phosphoric ester groups is 1. The Labute approximate surface area is 173 Å². The van der Waals surface area contributed by atoms with Gasteiger partial charge in [-0.3, -0.25) is 4.52 Å². The van der Waals surface area contributed by atoms with Crippen molar-refractivity contribution >= 4 is 7.82 Å². The molecule has 1 fully saturated rings. The Morgan fingerprint density at radius 1 is 1.31 bits per heavy atom. The number of aryl methyl sites for hydroxylation is 1. The molecule has 4 N–H and O–H groups in total. The normalized spacial score (nSPS) is 27.0. The highest BCUT2D eigenvalue weighted by molar-refractivity contribution is 7.46. The molecule has 0 saturated heterocycles. The summed E-state index contributed by atoms with van der Waals surface area (Å²) in [5.41, 5.74) is 9.88. The zero-order valence-electron chi connectivity index (χ0n) is 17.1. The SMILES string of the molecule is C=CCOCCCC1CCc2cc([C@H]3CC[C@](N)(COP(=O)(O)O)C3)ccc2C1. The summed E-state index contributed by atoms with van der Waals surface area (Å²) < 4.78 is 21.2. The van der Waals surface area contributed by atoms with E-state index in [-0.39, 0.29) is 6.61 Å². The lowest BCUT2D eigenvalue weighted by molar-refractivity contribution is 0.152. The quantitative estimate of drug-likeness (QED) is 0.300. The first-order chi connectivity index (χ1) is 13.8. The number of hydrogen-bond donors (Lipinski definition) is 3. The van der Waals surface area contributed by atoms with Gasteiger partial charge < -0.3 is 20.3 Å². The minimum Gasteiger partial charge on any atom is -0.377 e. The first-order valence-electron chi connectivity index (χ1n) is 10.6. The smallest absolute Gasteiger partial charge is 0.377 e. The lowest BCUT2D eigenvalue weighted by Gasteiger charge is -2.26. The summed E-state index contributed by atoms with van der Waals surface area (Å²) in [7, 11) is -4.48. The van der Waals surface area contributed by atoms with Gasteiger partial charge in [-0.15, -0.1) is 6.58 Å². The highest BCUT2D eigenvalue weighted by Gasteiger charge is 2.38. The van der Waals surface area contributed by atoms with Crippen LogP contribution in [0.5, 0.6) is 0 Å². The molecule has 6 nitrogen and oxygen atoms in total. The van der Waals surface area contributed by atoms with Crippen molar-refractivity contribution in [3.8, 4) is 0 Å². The zero-order valence-corrected chi connectivity index (χ0v) is 18.0. The van der Waals surface area contributed by atoms with Crippen molar-refractivity contribution in [2.24, 2.45) is 11.7 Å². The molecule has 1 unspecified atom stereocenters. The van der Waals surface area contributed by atoms with Gasteiger partial charge in [0.15, 0.2) is 0 Å². The maximum atomic E-state index is 11.0. The fourth-order valence-corrected chi connectivity index (χ4v) is 5.20. The lowest BCUT2D eigenvalue weighted by atomic mass is 9.80. The van der Waals surface area contributed by atoms with Gasteiger partial charge >= 0.3 is 7.82 Å². The van der Waals surface area contributed by atoms with Crippen LogP contribution in [0.3, 0.4) is 0 Å². The summed E-state index contributed by atoms with van der Waals surface area (Å²) in [5.74, 6) is 1.05. The summed E-state index contributed by atoms with van der Waals surface area (Å²) in [6, 6.07) is 6.82. The molecule has 7 heteroatoms. The molecule has 1 aromatic rings. The molecule has 2 aliphatic carbocycles. The summed E-state index contributed by atoms with van der Waals surface area (Å²) in [5, 5.41) is 0. The second kappa shape index (κ2) is 9.86. The molecular formula is C22H34NO5P. The van der Waals surface area contributed by atoms with Gasteiger partial charge in [0.05, 0.1) is 13.2 Å². The van der Waals surface area contributed by atoms with Crippen molar-refractivity contribution in [3.05, 3.63) is 47.5 Å². The Morgan fingerprint density at radius 2 is 2.14 bits per heavy atom. The molecule has 29 heavy (non-hydrogen) atoms. The minimum absolute atomic E-state index is 0.100. The van der Waals surface area contributed by atoms with E-state index in [1.165, 1.54) is 29.5 Å². The largest absolute Gasteiger partial charge is 0.469 e. The van der Waals surface area contributed by atoms with Gasteiger partial charge in [-0.05, 0) is 79.9 Å². The van der Waals surface area contributed by atoms with E-state index in [0.29, 0.717) is 25.4 Å².